The van der Waals surface area contributed by atoms with Gasteiger partial charge in [0.15, 0.2) is 0 Å². The highest BCUT2D eigenvalue weighted by Gasteiger charge is 2.20. The Labute approximate surface area is 116 Å². The van der Waals surface area contributed by atoms with Crippen molar-refractivity contribution in [2.75, 3.05) is 30.5 Å². The van der Waals surface area contributed by atoms with Crippen molar-refractivity contribution < 1.29 is 14.3 Å². The molecule has 102 valence electrons. The summed E-state index contributed by atoms with van der Waals surface area (Å²) >= 11 is 1.77. The largest absolute Gasteiger partial charge is 0.465 e. The van der Waals surface area contributed by atoms with Gasteiger partial charge in [-0.2, -0.15) is 11.8 Å². The molecule has 19 heavy (non-hydrogen) atoms. The van der Waals surface area contributed by atoms with Crippen LogP contribution in [0, 0.1) is 0 Å². The average molecular weight is 280 g/mol. The summed E-state index contributed by atoms with van der Waals surface area (Å²) in [5.74, 6) is 1.39. The minimum atomic E-state index is -0.386. The first kappa shape index (κ1) is 13.9. The van der Waals surface area contributed by atoms with Gasteiger partial charge < -0.3 is 15.4 Å². The monoisotopic (exact) mass is 280 g/mol. The number of anilines is 1. The Balaban J connectivity index is 1.95. The van der Waals surface area contributed by atoms with Gasteiger partial charge in [-0.3, -0.25) is 4.79 Å². The molecular formula is C13H16N2O3S. The normalized spacial score (nSPS) is 18.7. The quantitative estimate of drug-likeness (QED) is 0.812. The second-order valence-corrected chi connectivity index (χ2v) is 5.29. The van der Waals surface area contributed by atoms with Crippen LogP contribution in [0.5, 0.6) is 0 Å². The summed E-state index contributed by atoms with van der Waals surface area (Å²) < 4.78 is 4.61. The van der Waals surface area contributed by atoms with E-state index in [1.165, 1.54) is 7.11 Å². The van der Waals surface area contributed by atoms with Gasteiger partial charge in [0.25, 0.3) is 0 Å². The molecule has 5 nitrogen and oxygen atoms in total. The minimum Gasteiger partial charge on any atom is -0.465 e. The summed E-state index contributed by atoms with van der Waals surface area (Å²) in [5, 5.41) is 6.00. The molecule has 1 unspecified atom stereocenters. The van der Waals surface area contributed by atoms with Crippen LogP contribution in [0.1, 0.15) is 10.4 Å². The number of ether oxygens (including phenoxy) is 1. The zero-order chi connectivity index (χ0) is 13.7. The van der Waals surface area contributed by atoms with E-state index in [-0.39, 0.29) is 17.9 Å². The van der Waals surface area contributed by atoms with Gasteiger partial charge in [0.2, 0.25) is 5.91 Å². The zero-order valence-electron chi connectivity index (χ0n) is 10.6. The van der Waals surface area contributed by atoms with Gasteiger partial charge in [-0.25, -0.2) is 4.79 Å². The lowest BCUT2D eigenvalue weighted by atomic mass is 10.2. The second-order valence-electron chi connectivity index (χ2n) is 4.14. The molecule has 0 spiro atoms. The van der Waals surface area contributed by atoms with E-state index in [0.717, 1.165) is 18.1 Å². The van der Waals surface area contributed by atoms with Crippen molar-refractivity contribution in [3.63, 3.8) is 0 Å². The van der Waals surface area contributed by atoms with E-state index in [1.54, 1.807) is 36.0 Å². The molecule has 2 N–H and O–H groups in total. The molecule has 1 aromatic rings. The Morgan fingerprint density at radius 1 is 1.37 bits per heavy atom. The molecule has 1 aromatic carbocycles. The second kappa shape index (κ2) is 6.58. The van der Waals surface area contributed by atoms with Crippen LogP contribution >= 0.6 is 11.8 Å². The molecule has 1 heterocycles. The maximum absolute atomic E-state index is 12.0. The number of amides is 1. The van der Waals surface area contributed by atoms with E-state index in [4.69, 9.17) is 0 Å². The highest BCUT2D eigenvalue weighted by molar-refractivity contribution is 7.99. The molecule has 1 aliphatic rings. The number of carbonyl (C=O) groups is 2. The first-order valence-corrected chi connectivity index (χ1v) is 7.16. The van der Waals surface area contributed by atoms with Crippen molar-refractivity contribution in [2.45, 2.75) is 6.04 Å². The molecule has 2 rings (SSSR count). The Morgan fingerprint density at radius 2 is 2.11 bits per heavy atom. The first-order valence-electron chi connectivity index (χ1n) is 6.01. The Hall–Kier alpha value is -1.53. The number of hydrogen-bond acceptors (Lipinski definition) is 5. The van der Waals surface area contributed by atoms with E-state index >= 15 is 0 Å². The van der Waals surface area contributed by atoms with E-state index in [9.17, 15) is 9.59 Å². The predicted molar refractivity (Wildman–Crippen MR) is 75.5 cm³/mol. The van der Waals surface area contributed by atoms with Crippen LogP contribution < -0.4 is 10.6 Å². The van der Waals surface area contributed by atoms with Gasteiger partial charge in [-0.15, -0.1) is 0 Å². The Bertz CT molecular complexity index is 455. The third-order valence-electron chi connectivity index (χ3n) is 2.81. The van der Waals surface area contributed by atoms with Crippen molar-refractivity contribution in [1.82, 2.24) is 5.32 Å². The van der Waals surface area contributed by atoms with Gasteiger partial charge in [0.05, 0.1) is 18.7 Å². The summed E-state index contributed by atoms with van der Waals surface area (Å²) in [7, 11) is 1.34. The fraction of sp³-hybridized carbons (Fsp3) is 0.385. The summed E-state index contributed by atoms with van der Waals surface area (Å²) in [6, 6.07) is 6.49. The van der Waals surface area contributed by atoms with E-state index in [0.29, 0.717) is 11.3 Å². The average Bonchev–Trinajstić information content (AvgIpc) is 2.48. The standard InChI is InChI=1S/C13H16N2O3S/c1-18-13(17)9-2-4-10(5-3-9)15-12(16)11-8-19-7-6-14-11/h2-5,11,14H,6-8H2,1H3,(H,15,16). The molecule has 0 saturated carbocycles. The van der Waals surface area contributed by atoms with Crippen LogP contribution in [0.4, 0.5) is 5.69 Å². The smallest absolute Gasteiger partial charge is 0.337 e. The Morgan fingerprint density at radius 3 is 2.68 bits per heavy atom. The summed E-state index contributed by atoms with van der Waals surface area (Å²) in [6.07, 6.45) is 0. The lowest BCUT2D eigenvalue weighted by molar-refractivity contribution is -0.117. The molecule has 0 aliphatic carbocycles. The number of benzene rings is 1. The zero-order valence-corrected chi connectivity index (χ0v) is 11.5. The molecular weight excluding hydrogens is 264 g/mol. The number of rotatable bonds is 3. The van der Waals surface area contributed by atoms with Crippen molar-refractivity contribution in [3.05, 3.63) is 29.8 Å². The van der Waals surface area contributed by atoms with Gasteiger partial charge in [-0.05, 0) is 24.3 Å². The van der Waals surface area contributed by atoms with Crippen LogP contribution in [-0.4, -0.2) is 43.1 Å². The van der Waals surface area contributed by atoms with Crippen LogP contribution in [0.2, 0.25) is 0 Å². The van der Waals surface area contributed by atoms with Crippen molar-refractivity contribution in [1.29, 1.82) is 0 Å². The topological polar surface area (TPSA) is 67.4 Å². The first-order chi connectivity index (χ1) is 9.20. The van der Waals surface area contributed by atoms with Crippen molar-refractivity contribution in [2.24, 2.45) is 0 Å². The molecule has 1 saturated heterocycles. The SMILES string of the molecule is COC(=O)c1ccc(NC(=O)C2CSCCN2)cc1. The third-order valence-corrected chi connectivity index (χ3v) is 3.87. The minimum absolute atomic E-state index is 0.0435. The predicted octanol–water partition coefficient (Wildman–Crippen LogP) is 1.12. The number of nitrogens with one attached hydrogen (secondary N) is 2. The van der Waals surface area contributed by atoms with Crippen molar-refractivity contribution >= 4 is 29.3 Å². The lowest BCUT2D eigenvalue weighted by Gasteiger charge is -2.22. The fourth-order valence-corrected chi connectivity index (χ4v) is 2.70. The third kappa shape index (κ3) is 3.71. The number of esters is 1. The Kier molecular flexibility index (Phi) is 4.81. The van der Waals surface area contributed by atoms with Gasteiger partial charge >= 0.3 is 5.97 Å². The van der Waals surface area contributed by atoms with Gasteiger partial charge in [0.1, 0.15) is 0 Å². The molecule has 0 aromatic heterocycles. The lowest BCUT2D eigenvalue weighted by Crippen LogP contribution is -2.46. The molecule has 1 aliphatic heterocycles. The summed E-state index contributed by atoms with van der Waals surface area (Å²) in [4.78, 5) is 23.2. The number of thioether (sulfide) groups is 1. The maximum Gasteiger partial charge on any atom is 0.337 e. The molecule has 0 bridgehead atoms. The fourth-order valence-electron chi connectivity index (χ4n) is 1.77. The van der Waals surface area contributed by atoms with Crippen LogP contribution in [0.15, 0.2) is 24.3 Å². The number of hydrogen-bond donors (Lipinski definition) is 2. The molecule has 1 atom stereocenters. The van der Waals surface area contributed by atoms with Crippen LogP contribution in [-0.2, 0) is 9.53 Å². The van der Waals surface area contributed by atoms with Crippen LogP contribution in [0.3, 0.4) is 0 Å². The number of carbonyl (C=O) groups excluding carboxylic acids is 2. The van der Waals surface area contributed by atoms with Crippen LogP contribution in [0.25, 0.3) is 0 Å². The maximum atomic E-state index is 12.0. The van der Waals surface area contributed by atoms with E-state index in [1.807, 2.05) is 0 Å². The van der Waals surface area contributed by atoms with E-state index < -0.39 is 0 Å². The van der Waals surface area contributed by atoms with Crippen molar-refractivity contribution in [3.8, 4) is 0 Å². The van der Waals surface area contributed by atoms with Gasteiger partial charge in [-0.1, -0.05) is 0 Å². The molecule has 1 fully saturated rings. The number of methoxy groups -OCH3 is 1. The summed E-state index contributed by atoms with van der Waals surface area (Å²) in [6.45, 7) is 0.851. The summed E-state index contributed by atoms with van der Waals surface area (Å²) in [5.41, 5.74) is 1.14. The molecule has 6 heteroatoms. The van der Waals surface area contributed by atoms with E-state index in [2.05, 4.69) is 15.4 Å². The molecule has 0 radical (unpaired) electrons. The highest BCUT2D eigenvalue weighted by atomic mass is 32.2. The van der Waals surface area contributed by atoms with Gasteiger partial charge in [0, 0.05) is 23.7 Å². The highest BCUT2D eigenvalue weighted by Crippen LogP contribution is 2.13. The molecule has 1 amide bonds.